The molecule has 0 radical (unpaired) electrons. The second-order valence-electron chi connectivity index (χ2n) is 9.38. The molecule has 1 aliphatic rings. The van der Waals surface area contributed by atoms with Crippen molar-refractivity contribution >= 4 is 45.8 Å². The number of amides is 1. The van der Waals surface area contributed by atoms with Crippen molar-refractivity contribution in [1.82, 2.24) is 9.97 Å². The number of carbonyl (C=O) groups is 2. The first-order valence-electron chi connectivity index (χ1n) is 12.3. The summed E-state index contributed by atoms with van der Waals surface area (Å²) < 4.78 is 53.7. The molecule has 212 valence electrons. The molecule has 5 rings (SSSR count). The molecule has 41 heavy (non-hydrogen) atoms. The predicted molar refractivity (Wildman–Crippen MR) is 147 cm³/mol. The van der Waals surface area contributed by atoms with E-state index in [1.54, 1.807) is 0 Å². The van der Waals surface area contributed by atoms with Gasteiger partial charge in [0, 0.05) is 36.1 Å². The third-order valence-electron chi connectivity index (χ3n) is 6.85. The summed E-state index contributed by atoms with van der Waals surface area (Å²) in [6, 6.07) is 13.7. The number of aromatic nitrogens is 2. The van der Waals surface area contributed by atoms with Crippen molar-refractivity contribution in [3.63, 3.8) is 0 Å². The van der Waals surface area contributed by atoms with Crippen molar-refractivity contribution in [3.05, 3.63) is 93.7 Å². The van der Waals surface area contributed by atoms with Gasteiger partial charge in [-0.2, -0.15) is 13.2 Å². The van der Waals surface area contributed by atoms with E-state index >= 15 is 0 Å². The number of hydrogen-bond acceptors (Lipinski definition) is 6. The highest BCUT2D eigenvalue weighted by Crippen LogP contribution is 2.38. The van der Waals surface area contributed by atoms with Gasteiger partial charge in [0.05, 0.1) is 27.8 Å². The van der Waals surface area contributed by atoms with Crippen LogP contribution >= 0.6 is 22.9 Å². The Morgan fingerprint density at radius 2 is 1.88 bits per heavy atom. The van der Waals surface area contributed by atoms with Crippen LogP contribution in [0, 0.1) is 11.7 Å². The number of alkyl halides is 3. The summed E-state index contributed by atoms with van der Waals surface area (Å²) in [5.74, 6) is -3.39. The summed E-state index contributed by atoms with van der Waals surface area (Å²) in [5.41, 5.74) is -0.814. The Labute approximate surface area is 240 Å². The average Bonchev–Trinajstić information content (AvgIpc) is 3.40. The van der Waals surface area contributed by atoms with Gasteiger partial charge in [-0.3, -0.25) is 14.9 Å². The van der Waals surface area contributed by atoms with Gasteiger partial charge in [0.15, 0.2) is 5.13 Å². The molecule has 4 aromatic rings. The summed E-state index contributed by atoms with van der Waals surface area (Å²) in [7, 11) is 0. The zero-order chi connectivity index (χ0) is 29.3. The van der Waals surface area contributed by atoms with Gasteiger partial charge >= 0.3 is 12.1 Å². The van der Waals surface area contributed by atoms with Gasteiger partial charge in [-0.25, -0.2) is 14.4 Å². The maximum atomic E-state index is 14.5. The number of pyridine rings is 1. The molecule has 1 saturated heterocycles. The molecule has 2 atom stereocenters. The Bertz CT molecular complexity index is 1600. The molecule has 2 N–H and O–H groups in total. The minimum absolute atomic E-state index is 0.0449. The number of aliphatic carboxylic acids is 1. The average molecular weight is 605 g/mol. The maximum absolute atomic E-state index is 14.5. The lowest BCUT2D eigenvalue weighted by atomic mass is 9.80. The molecule has 7 nitrogen and oxygen atoms in total. The Hall–Kier alpha value is -4.03. The molecule has 13 heteroatoms. The first-order chi connectivity index (χ1) is 19.5. The molecule has 0 spiro atoms. The molecule has 2 aromatic heterocycles. The fourth-order valence-corrected chi connectivity index (χ4v) is 5.83. The van der Waals surface area contributed by atoms with Crippen LogP contribution in [0.15, 0.2) is 66.2 Å². The fourth-order valence-electron chi connectivity index (χ4n) is 4.84. The van der Waals surface area contributed by atoms with E-state index in [1.807, 2.05) is 35.2 Å². The molecule has 1 aliphatic heterocycles. The van der Waals surface area contributed by atoms with Crippen molar-refractivity contribution < 1.29 is 32.3 Å². The van der Waals surface area contributed by atoms with Gasteiger partial charge in [-0.1, -0.05) is 48.0 Å². The summed E-state index contributed by atoms with van der Waals surface area (Å²) in [5, 5.41) is 13.9. The summed E-state index contributed by atoms with van der Waals surface area (Å²) in [4.78, 5) is 35.1. The van der Waals surface area contributed by atoms with Gasteiger partial charge < -0.3 is 10.0 Å². The van der Waals surface area contributed by atoms with E-state index in [9.17, 15) is 32.3 Å². The largest absolute Gasteiger partial charge is 0.481 e. The monoisotopic (exact) mass is 604 g/mol. The van der Waals surface area contributed by atoms with E-state index < -0.39 is 35.4 Å². The summed E-state index contributed by atoms with van der Waals surface area (Å²) in [6.07, 6.45) is -3.16. The van der Waals surface area contributed by atoms with Gasteiger partial charge in [0.1, 0.15) is 11.6 Å². The normalized spacial score (nSPS) is 17.3. The fraction of sp³-hybridized carbons (Fsp3) is 0.214. The van der Waals surface area contributed by atoms with Gasteiger partial charge in [0.2, 0.25) is 0 Å². The van der Waals surface area contributed by atoms with Crippen LogP contribution in [0.2, 0.25) is 5.02 Å². The maximum Gasteiger partial charge on any atom is 0.419 e. The second kappa shape index (κ2) is 11.5. The van der Waals surface area contributed by atoms with E-state index in [0.29, 0.717) is 31.4 Å². The van der Waals surface area contributed by atoms with Crippen LogP contribution in [0.1, 0.15) is 33.8 Å². The molecular formula is C28H21ClF4N4O3S. The van der Waals surface area contributed by atoms with Crippen molar-refractivity contribution in [2.45, 2.75) is 18.5 Å². The van der Waals surface area contributed by atoms with E-state index in [0.717, 1.165) is 23.0 Å². The summed E-state index contributed by atoms with van der Waals surface area (Å²) in [6.45, 7) is 0.778. The number of carboxylic acid groups (broad SMARTS) is 1. The van der Waals surface area contributed by atoms with Crippen LogP contribution < -0.4 is 10.2 Å². The minimum atomic E-state index is -4.86. The molecule has 0 aliphatic carbocycles. The number of nitrogens with one attached hydrogen (secondary N) is 1. The predicted octanol–water partition coefficient (Wildman–Crippen LogP) is 6.96. The lowest BCUT2D eigenvalue weighted by Crippen LogP contribution is -2.42. The number of thiazole rings is 1. The zero-order valence-corrected chi connectivity index (χ0v) is 22.6. The number of piperidine rings is 1. The molecule has 3 heterocycles. The first-order valence-corrected chi connectivity index (χ1v) is 13.6. The highest BCUT2D eigenvalue weighted by atomic mass is 35.5. The van der Waals surface area contributed by atoms with Crippen LogP contribution in [-0.2, 0) is 11.0 Å². The number of carboxylic acids is 1. The van der Waals surface area contributed by atoms with Crippen molar-refractivity contribution in [2.24, 2.45) is 5.92 Å². The molecule has 0 unspecified atom stereocenters. The number of halogens is 5. The van der Waals surface area contributed by atoms with E-state index in [1.165, 1.54) is 23.7 Å². The van der Waals surface area contributed by atoms with Crippen LogP contribution in [0.4, 0.5) is 28.5 Å². The Balaban J connectivity index is 1.31. The lowest BCUT2D eigenvalue weighted by Gasteiger charge is -2.38. The quantitative estimate of drug-likeness (QED) is 0.231. The molecule has 0 saturated carbocycles. The highest BCUT2D eigenvalue weighted by Gasteiger charge is 2.37. The van der Waals surface area contributed by atoms with Crippen molar-refractivity contribution in [2.75, 3.05) is 23.3 Å². The van der Waals surface area contributed by atoms with Crippen LogP contribution in [0.3, 0.4) is 0 Å². The topological polar surface area (TPSA) is 95.4 Å². The lowest BCUT2D eigenvalue weighted by molar-refractivity contribution is -0.143. The number of anilines is 2. The standard InChI is InChI=1S/C28H21ClF4N4O3S/c29-21-11-16(12-34-24(21)37-10-9-17(26(39)40)19(13-37)15-5-2-1-3-6-15)25(38)36-27-35-22(14-41-27)18-7-4-8-20(23(18)30)28(31,32)33/h1-8,11-12,14,17,19H,9-10,13H2,(H,39,40)(H,35,36,38)/t17-,19-/m1/s1. The Morgan fingerprint density at radius 3 is 2.56 bits per heavy atom. The number of carbonyl (C=O) groups excluding carboxylic acids is 1. The van der Waals surface area contributed by atoms with Crippen molar-refractivity contribution in [3.8, 4) is 11.3 Å². The van der Waals surface area contributed by atoms with Gasteiger partial charge in [0.25, 0.3) is 5.91 Å². The number of benzene rings is 2. The number of rotatable bonds is 6. The third-order valence-corrected chi connectivity index (χ3v) is 7.88. The first kappa shape index (κ1) is 28.5. The van der Waals surface area contributed by atoms with Gasteiger partial charge in [-0.15, -0.1) is 11.3 Å². The highest BCUT2D eigenvalue weighted by molar-refractivity contribution is 7.14. The SMILES string of the molecule is O=C(Nc1nc(-c2cccc(C(F)(F)F)c2F)cs1)c1cnc(N2CC[C@@H](C(=O)O)[C@@H](c3ccccc3)C2)c(Cl)c1. The molecule has 1 fully saturated rings. The number of hydrogen-bond donors (Lipinski definition) is 2. The van der Waals surface area contributed by atoms with E-state index in [2.05, 4.69) is 15.3 Å². The Kier molecular flexibility index (Phi) is 7.96. The minimum Gasteiger partial charge on any atom is -0.481 e. The second-order valence-corrected chi connectivity index (χ2v) is 10.6. The van der Waals surface area contributed by atoms with Crippen LogP contribution in [0.25, 0.3) is 11.3 Å². The van der Waals surface area contributed by atoms with Crippen LogP contribution in [-0.4, -0.2) is 40.0 Å². The molecular weight excluding hydrogens is 584 g/mol. The molecule has 1 amide bonds. The molecule has 2 aromatic carbocycles. The number of nitrogens with zero attached hydrogens (tertiary/aromatic N) is 3. The molecule has 0 bridgehead atoms. The van der Waals surface area contributed by atoms with Gasteiger partial charge in [-0.05, 0) is 30.2 Å². The van der Waals surface area contributed by atoms with E-state index in [-0.39, 0.29) is 32.9 Å². The van der Waals surface area contributed by atoms with Crippen LogP contribution in [0.5, 0.6) is 0 Å². The Morgan fingerprint density at radius 1 is 1.12 bits per heavy atom. The zero-order valence-electron chi connectivity index (χ0n) is 21.0. The van der Waals surface area contributed by atoms with E-state index in [4.69, 9.17) is 11.6 Å². The third kappa shape index (κ3) is 6.03. The summed E-state index contributed by atoms with van der Waals surface area (Å²) >= 11 is 7.43. The van der Waals surface area contributed by atoms with Crippen molar-refractivity contribution in [1.29, 1.82) is 0 Å². The smallest absolute Gasteiger partial charge is 0.419 e.